The summed E-state index contributed by atoms with van der Waals surface area (Å²) in [6.07, 6.45) is 1.05. The minimum absolute atomic E-state index is 0.161. The van der Waals surface area contributed by atoms with E-state index in [0.717, 1.165) is 55.6 Å². The molecule has 4 N–H and O–H groups in total. The molecular weight excluding hydrogens is 572 g/mol. The van der Waals surface area contributed by atoms with E-state index in [1.807, 2.05) is 48.5 Å². The number of phenols is 4. The zero-order valence-electron chi connectivity index (χ0n) is 28.7. The van der Waals surface area contributed by atoms with Gasteiger partial charge >= 0.3 is 0 Å². The predicted molar refractivity (Wildman–Crippen MR) is 186 cm³/mol. The molecular formula is C41H50O5. The van der Waals surface area contributed by atoms with E-state index in [4.69, 9.17) is 4.74 Å². The van der Waals surface area contributed by atoms with Crippen LogP contribution in [0.2, 0.25) is 0 Å². The number of aromatic hydroxyl groups is 4. The van der Waals surface area contributed by atoms with E-state index >= 15 is 0 Å². The van der Waals surface area contributed by atoms with Crippen molar-refractivity contribution in [3.8, 4) is 23.0 Å². The Balaban J connectivity index is 1.77. The molecule has 1 aliphatic rings. The van der Waals surface area contributed by atoms with Crippen molar-refractivity contribution in [1.82, 2.24) is 0 Å². The maximum Gasteiger partial charge on any atom is 0.124 e. The third kappa shape index (κ3) is 6.90. The molecule has 0 atom stereocenters. The second kappa shape index (κ2) is 13.4. The molecule has 0 fully saturated rings. The van der Waals surface area contributed by atoms with Crippen LogP contribution in [0.3, 0.4) is 0 Å². The summed E-state index contributed by atoms with van der Waals surface area (Å²) in [6, 6.07) is 16.2. The standard InChI is InChI=1S/C41H50O5/c1-22(2)26-9-30-17-31-10-27(23(3)4)12-33(39(31)43)19-35-14-29(25(7)8)16-37(41(35)45)21-46-20-36-15-28(24(5)6)13-34(40(36)44)18-32(11-26)38(30)42/h9-16,22-25,42-45H,17-21H2,1-8H3. The molecule has 1 aliphatic heterocycles. The molecule has 0 aromatic heterocycles. The van der Waals surface area contributed by atoms with Gasteiger partial charge in [0.1, 0.15) is 23.0 Å². The summed E-state index contributed by atoms with van der Waals surface area (Å²) >= 11 is 0. The molecule has 4 aromatic rings. The van der Waals surface area contributed by atoms with Crippen LogP contribution in [0.4, 0.5) is 0 Å². The van der Waals surface area contributed by atoms with E-state index in [0.29, 0.717) is 30.4 Å². The molecule has 0 saturated heterocycles. The summed E-state index contributed by atoms with van der Waals surface area (Å²) in [7, 11) is 0. The second-order valence-electron chi connectivity index (χ2n) is 14.4. The molecule has 0 radical (unpaired) electrons. The van der Waals surface area contributed by atoms with Gasteiger partial charge in [-0.05, 0) is 91.4 Å². The minimum atomic E-state index is 0.161. The first kappa shape index (κ1) is 33.4. The quantitative estimate of drug-likeness (QED) is 0.182. The summed E-state index contributed by atoms with van der Waals surface area (Å²) in [5.41, 5.74) is 10.1. The molecule has 0 spiro atoms. The second-order valence-corrected chi connectivity index (χ2v) is 14.4. The molecule has 5 heteroatoms. The van der Waals surface area contributed by atoms with E-state index in [1.54, 1.807) is 0 Å². The molecule has 244 valence electrons. The largest absolute Gasteiger partial charge is 0.507 e. The summed E-state index contributed by atoms with van der Waals surface area (Å²) in [5.74, 6) is 1.56. The van der Waals surface area contributed by atoms with Crippen LogP contribution in [0, 0.1) is 0 Å². The van der Waals surface area contributed by atoms with Crippen molar-refractivity contribution in [1.29, 1.82) is 0 Å². The molecule has 8 bridgehead atoms. The van der Waals surface area contributed by atoms with Crippen LogP contribution in [0.5, 0.6) is 23.0 Å². The number of benzene rings is 4. The Morgan fingerprint density at radius 3 is 0.783 bits per heavy atom. The fourth-order valence-electron chi connectivity index (χ4n) is 6.40. The molecule has 5 nitrogen and oxygen atoms in total. The maximum absolute atomic E-state index is 11.7. The van der Waals surface area contributed by atoms with Gasteiger partial charge < -0.3 is 25.2 Å². The lowest BCUT2D eigenvalue weighted by Gasteiger charge is -2.21. The van der Waals surface area contributed by atoms with Crippen LogP contribution in [0.15, 0.2) is 48.5 Å². The first-order valence-corrected chi connectivity index (χ1v) is 16.7. The minimum Gasteiger partial charge on any atom is -0.507 e. The third-order valence-electron chi connectivity index (χ3n) is 9.48. The van der Waals surface area contributed by atoms with Gasteiger partial charge in [-0.25, -0.2) is 0 Å². The molecule has 0 aliphatic carbocycles. The average Bonchev–Trinajstić information content (AvgIpc) is 2.99. The lowest BCUT2D eigenvalue weighted by molar-refractivity contribution is 0.103. The van der Waals surface area contributed by atoms with Crippen molar-refractivity contribution in [3.05, 3.63) is 115 Å². The topological polar surface area (TPSA) is 90.2 Å². The number of rotatable bonds is 4. The van der Waals surface area contributed by atoms with Gasteiger partial charge in [0.25, 0.3) is 0 Å². The van der Waals surface area contributed by atoms with E-state index in [-0.39, 0.29) is 59.9 Å². The number of phenolic OH excluding ortho intramolecular Hbond substituents is 4. The number of hydrogen-bond donors (Lipinski definition) is 4. The summed E-state index contributed by atoms with van der Waals surface area (Å²) in [4.78, 5) is 0. The van der Waals surface area contributed by atoms with E-state index < -0.39 is 0 Å². The highest BCUT2D eigenvalue weighted by Crippen LogP contribution is 2.40. The lowest BCUT2D eigenvalue weighted by Crippen LogP contribution is -2.05. The first-order valence-electron chi connectivity index (χ1n) is 16.7. The van der Waals surface area contributed by atoms with Crippen LogP contribution >= 0.6 is 0 Å². The van der Waals surface area contributed by atoms with Crippen LogP contribution in [-0.2, 0) is 37.2 Å². The van der Waals surface area contributed by atoms with Gasteiger partial charge in [-0.15, -0.1) is 0 Å². The summed E-state index contributed by atoms with van der Waals surface area (Å²) < 4.78 is 6.21. The third-order valence-corrected chi connectivity index (χ3v) is 9.48. The van der Waals surface area contributed by atoms with Gasteiger partial charge in [0, 0.05) is 30.4 Å². The maximum atomic E-state index is 11.7. The SMILES string of the molecule is CC(C)c1cc2c(O)c(c1)Cc1cc(C(C)C)cc(c1O)Cc1cc(C(C)C)cc(c1O)Cc1cc(C(C)C)cc(c1O)COC2. The number of ether oxygens (including phenoxy) is 1. The van der Waals surface area contributed by atoms with Crippen molar-refractivity contribution < 1.29 is 25.2 Å². The Morgan fingerprint density at radius 2 is 0.565 bits per heavy atom. The highest BCUT2D eigenvalue weighted by atomic mass is 16.5. The highest BCUT2D eigenvalue weighted by Gasteiger charge is 2.22. The van der Waals surface area contributed by atoms with Crippen molar-refractivity contribution >= 4 is 0 Å². The van der Waals surface area contributed by atoms with Gasteiger partial charge in [0.2, 0.25) is 0 Å². The van der Waals surface area contributed by atoms with Crippen LogP contribution in [-0.4, -0.2) is 20.4 Å². The zero-order valence-corrected chi connectivity index (χ0v) is 28.7. The normalized spacial score (nSPS) is 13.8. The Bertz CT molecular complexity index is 1620. The molecule has 0 saturated carbocycles. The van der Waals surface area contributed by atoms with Crippen molar-refractivity contribution in [2.75, 3.05) is 0 Å². The fourth-order valence-corrected chi connectivity index (χ4v) is 6.40. The van der Waals surface area contributed by atoms with E-state index in [9.17, 15) is 20.4 Å². The molecule has 0 unspecified atom stereocenters. The molecule has 5 rings (SSSR count). The van der Waals surface area contributed by atoms with E-state index in [1.165, 1.54) is 0 Å². The van der Waals surface area contributed by atoms with Crippen molar-refractivity contribution in [3.63, 3.8) is 0 Å². The van der Waals surface area contributed by atoms with Crippen LogP contribution in [0.1, 0.15) is 146 Å². The lowest BCUT2D eigenvalue weighted by atomic mass is 9.87. The Kier molecular flexibility index (Phi) is 9.74. The smallest absolute Gasteiger partial charge is 0.124 e. The Hall–Kier alpha value is -3.96. The van der Waals surface area contributed by atoms with Crippen LogP contribution in [0.25, 0.3) is 0 Å². The van der Waals surface area contributed by atoms with Crippen molar-refractivity contribution in [2.24, 2.45) is 0 Å². The van der Waals surface area contributed by atoms with Crippen LogP contribution < -0.4 is 0 Å². The Morgan fingerprint density at radius 1 is 0.370 bits per heavy atom. The Labute approximate surface area is 274 Å². The number of fused-ring (bicyclic) bond motifs is 8. The highest BCUT2D eigenvalue weighted by molar-refractivity contribution is 5.56. The first-order chi connectivity index (χ1) is 21.7. The van der Waals surface area contributed by atoms with E-state index in [2.05, 4.69) is 55.4 Å². The van der Waals surface area contributed by atoms with Gasteiger partial charge in [-0.1, -0.05) is 91.8 Å². The molecule has 46 heavy (non-hydrogen) atoms. The fraction of sp³-hybridized carbons (Fsp3) is 0.415. The van der Waals surface area contributed by atoms with Gasteiger partial charge in [-0.3, -0.25) is 0 Å². The molecule has 0 amide bonds. The zero-order chi connectivity index (χ0) is 33.4. The van der Waals surface area contributed by atoms with Gasteiger partial charge in [-0.2, -0.15) is 0 Å². The molecule has 1 heterocycles. The average molecular weight is 623 g/mol. The molecule has 4 aromatic carbocycles. The van der Waals surface area contributed by atoms with Gasteiger partial charge in [0.15, 0.2) is 0 Å². The number of hydrogen-bond acceptors (Lipinski definition) is 5. The summed E-state index contributed by atoms with van der Waals surface area (Å²) in [6.45, 7) is 17.4. The summed E-state index contributed by atoms with van der Waals surface area (Å²) in [5, 5.41) is 46.5. The van der Waals surface area contributed by atoms with Crippen molar-refractivity contribution in [2.45, 2.75) is 112 Å². The predicted octanol–water partition coefficient (Wildman–Crippen LogP) is 9.81. The van der Waals surface area contributed by atoms with Gasteiger partial charge in [0.05, 0.1) is 13.2 Å². The monoisotopic (exact) mass is 622 g/mol.